The summed E-state index contributed by atoms with van der Waals surface area (Å²) in [4.78, 5) is 20.8. The highest BCUT2D eigenvalue weighted by Gasteiger charge is 2.36. The van der Waals surface area contributed by atoms with E-state index in [0.29, 0.717) is 26.1 Å². The number of hydrogen-bond acceptors (Lipinski definition) is 6. The Balaban J connectivity index is 1.57. The summed E-state index contributed by atoms with van der Waals surface area (Å²) in [6, 6.07) is 0. The van der Waals surface area contributed by atoms with Gasteiger partial charge in [0.15, 0.2) is 0 Å². The van der Waals surface area contributed by atoms with Crippen LogP contribution in [-0.4, -0.2) is 75.3 Å². The lowest BCUT2D eigenvalue weighted by Crippen LogP contribution is -2.51. The van der Waals surface area contributed by atoms with Crippen molar-refractivity contribution >= 4 is 11.9 Å². The van der Waals surface area contributed by atoms with Gasteiger partial charge in [-0.2, -0.15) is 4.98 Å². The largest absolute Gasteiger partial charge is 0.392 e. The highest BCUT2D eigenvalue weighted by Crippen LogP contribution is 2.28. The molecule has 2 fully saturated rings. The Hall–Kier alpha value is -1.67. The SMILES string of the molecule is CN1CC[C@H](O)[C@H](C(=O)N2CCC(c3nc(N)n[nH]3)CC2)C1. The quantitative estimate of drug-likeness (QED) is 0.673. The first kappa shape index (κ1) is 15.2. The van der Waals surface area contributed by atoms with E-state index < -0.39 is 6.10 Å². The minimum absolute atomic E-state index is 0.0783. The zero-order chi connectivity index (χ0) is 15.7. The van der Waals surface area contributed by atoms with Gasteiger partial charge in [-0.05, 0) is 26.3 Å². The molecule has 0 aromatic carbocycles. The van der Waals surface area contributed by atoms with Crippen molar-refractivity contribution in [2.24, 2.45) is 5.92 Å². The monoisotopic (exact) mass is 308 g/mol. The normalized spacial score (nSPS) is 28.0. The average molecular weight is 308 g/mol. The van der Waals surface area contributed by atoms with Gasteiger partial charge in [-0.25, -0.2) is 0 Å². The number of nitrogens with one attached hydrogen (secondary N) is 1. The molecule has 122 valence electrons. The van der Waals surface area contributed by atoms with Crippen LogP contribution in [0.25, 0.3) is 0 Å². The first-order chi connectivity index (χ1) is 10.5. The maximum absolute atomic E-state index is 12.6. The molecule has 3 heterocycles. The summed E-state index contributed by atoms with van der Waals surface area (Å²) in [5.41, 5.74) is 5.54. The molecule has 0 spiro atoms. The summed E-state index contributed by atoms with van der Waals surface area (Å²) < 4.78 is 0. The molecule has 2 aliphatic heterocycles. The van der Waals surface area contributed by atoms with Crippen molar-refractivity contribution in [1.82, 2.24) is 25.0 Å². The molecule has 22 heavy (non-hydrogen) atoms. The van der Waals surface area contributed by atoms with Crippen LogP contribution in [0.5, 0.6) is 0 Å². The van der Waals surface area contributed by atoms with Crippen LogP contribution in [0.3, 0.4) is 0 Å². The summed E-state index contributed by atoms with van der Waals surface area (Å²) >= 11 is 0. The van der Waals surface area contributed by atoms with Crippen molar-refractivity contribution in [2.45, 2.75) is 31.3 Å². The number of hydrogen-bond donors (Lipinski definition) is 3. The summed E-state index contributed by atoms with van der Waals surface area (Å²) in [6.07, 6.45) is 1.84. The van der Waals surface area contributed by atoms with Crippen molar-refractivity contribution in [1.29, 1.82) is 0 Å². The summed E-state index contributed by atoms with van der Waals surface area (Å²) in [5.74, 6) is 1.13. The molecular formula is C14H24N6O2. The van der Waals surface area contributed by atoms with Gasteiger partial charge in [0.25, 0.3) is 0 Å². The van der Waals surface area contributed by atoms with E-state index in [1.165, 1.54) is 0 Å². The number of rotatable bonds is 2. The first-order valence-corrected chi connectivity index (χ1v) is 7.87. The molecular weight excluding hydrogens is 284 g/mol. The summed E-state index contributed by atoms with van der Waals surface area (Å²) in [5, 5.41) is 16.8. The van der Waals surface area contributed by atoms with Crippen LogP contribution in [-0.2, 0) is 4.79 Å². The third kappa shape index (κ3) is 3.07. The molecule has 1 aromatic rings. The lowest BCUT2D eigenvalue weighted by Gasteiger charge is -2.38. The Bertz CT molecular complexity index is 525. The van der Waals surface area contributed by atoms with Gasteiger partial charge in [-0.3, -0.25) is 9.89 Å². The second-order valence-electron chi connectivity index (χ2n) is 6.40. The van der Waals surface area contributed by atoms with Crippen molar-refractivity contribution in [3.8, 4) is 0 Å². The van der Waals surface area contributed by atoms with Crippen LogP contribution in [0.4, 0.5) is 5.95 Å². The molecule has 4 N–H and O–H groups in total. The third-order valence-electron chi connectivity index (χ3n) is 4.81. The molecule has 2 aliphatic rings. The number of aliphatic hydroxyl groups is 1. The van der Waals surface area contributed by atoms with E-state index in [4.69, 9.17) is 5.73 Å². The van der Waals surface area contributed by atoms with Crippen molar-refractivity contribution < 1.29 is 9.90 Å². The van der Waals surface area contributed by atoms with Gasteiger partial charge in [-0.15, -0.1) is 5.10 Å². The van der Waals surface area contributed by atoms with E-state index in [1.807, 2.05) is 11.9 Å². The number of aliphatic hydroxyl groups excluding tert-OH is 1. The van der Waals surface area contributed by atoms with Crippen LogP contribution in [0.2, 0.25) is 0 Å². The second kappa shape index (κ2) is 6.21. The number of likely N-dealkylation sites (tertiary alicyclic amines) is 2. The summed E-state index contributed by atoms with van der Waals surface area (Å²) in [6.45, 7) is 2.87. The molecule has 0 unspecified atom stereocenters. The molecule has 0 radical (unpaired) electrons. The Kier molecular flexibility index (Phi) is 4.30. The minimum atomic E-state index is -0.518. The lowest BCUT2D eigenvalue weighted by atomic mass is 9.91. The van der Waals surface area contributed by atoms with Crippen molar-refractivity contribution in [3.05, 3.63) is 5.82 Å². The standard InChI is InChI=1S/C14H24N6O2/c1-19-5-4-11(21)10(8-19)13(22)20-6-2-9(3-7-20)12-16-14(15)18-17-12/h9-11,21H,2-8H2,1H3,(H3,15,16,17,18)/t10-,11+/m1/s1. The molecule has 0 bridgehead atoms. The van der Waals surface area contributed by atoms with E-state index in [-0.39, 0.29) is 23.7 Å². The van der Waals surface area contributed by atoms with Crippen LogP contribution < -0.4 is 5.73 Å². The second-order valence-corrected chi connectivity index (χ2v) is 6.40. The number of H-pyrrole nitrogens is 1. The minimum Gasteiger partial charge on any atom is -0.392 e. The van der Waals surface area contributed by atoms with Crippen molar-refractivity contribution in [2.75, 3.05) is 39.0 Å². The Morgan fingerprint density at radius 3 is 2.68 bits per heavy atom. The van der Waals surface area contributed by atoms with Crippen LogP contribution in [0.1, 0.15) is 31.0 Å². The fraction of sp³-hybridized carbons (Fsp3) is 0.786. The number of nitrogens with two attached hydrogens (primary N) is 1. The maximum Gasteiger partial charge on any atom is 0.239 e. The Morgan fingerprint density at radius 2 is 2.05 bits per heavy atom. The van der Waals surface area contributed by atoms with E-state index in [0.717, 1.165) is 25.2 Å². The average Bonchev–Trinajstić information content (AvgIpc) is 2.96. The molecule has 3 rings (SSSR count). The molecule has 2 atom stereocenters. The molecule has 1 amide bonds. The lowest BCUT2D eigenvalue weighted by molar-refractivity contribution is -0.143. The van der Waals surface area contributed by atoms with E-state index in [2.05, 4.69) is 20.1 Å². The van der Waals surface area contributed by atoms with Crippen LogP contribution in [0, 0.1) is 5.92 Å². The van der Waals surface area contributed by atoms with E-state index in [9.17, 15) is 9.90 Å². The number of aromatic amines is 1. The smallest absolute Gasteiger partial charge is 0.239 e. The number of carbonyl (C=O) groups excluding carboxylic acids is 1. The predicted molar refractivity (Wildman–Crippen MR) is 81.0 cm³/mol. The first-order valence-electron chi connectivity index (χ1n) is 7.87. The number of piperidine rings is 2. The van der Waals surface area contributed by atoms with Crippen LogP contribution in [0.15, 0.2) is 0 Å². The number of anilines is 1. The fourth-order valence-electron chi connectivity index (χ4n) is 3.42. The van der Waals surface area contributed by atoms with Gasteiger partial charge in [0, 0.05) is 32.1 Å². The Labute approximate surface area is 129 Å². The van der Waals surface area contributed by atoms with E-state index in [1.54, 1.807) is 0 Å². The molecule has 1 aromatic heterocycles. The zero-order valence-corrected chi connectivity index (χ0v) is 12.9. The number of aromatic nitrogens is 3. The van der Waals surface area contributed by atoms with Gasteiger partial charge in [0.2, 0.25) is 11.9 Å². The maximum atomic E-state index is 12.6. The van der Waals surface area contributed by atoms with Crippen molar-refractivity contribution in [3.63, 3.8) is 0 Å². The fourth-order valence-corrected chi connectivity index (χ4v) is 3.42. The molecule has 0 aliphatic carbocycles. The van der Waals surface area contributed by atoms with Gasteiger partial charge in [-0.1, -0.05) is 0 Å². The highest BCUT2D eigenvalue weighted by molar-refractivity contribution is 5.80. The summed E-state index contributed by atoms with van der Waals surface area (Å²) in [7, 11) is 1.99. The number of nitrogens with zero attached hydrogens (tertiary/aromatic N) is 4. The van der Waals surface area contributed by atoms with Gasteiger partial charge in [0.1, 0.15) is 5.82 Å². The molecule has 8 nitrogen and oxygen atoms in total. The number of carbonyl (C=O) groups is 1. The predicted octanol–water partition coefficient (Wildman–Crippen LogP) is -0.594. The van der Waals surface area contributed by atoms with Gasteiger partial charge >= 0.3 is 0 Å². The van der Waals surface area contributed by atoms with Crippen LogP contribution >= 0.6 is 0 Å². The van der Waals surface area contributed by atoms with Gasteiger partial charge < -0.3 is 20.6 Å². The number of nitrogen functional groups attached to an aromatic ring is 1. The molecule has 8 heteroatoms. The number of amides is 1. The highest BCUT2D eigenvalue weighted by atomic mass is 16.3. The molecule has 0 saturated carbocycles. The topological polar surface area (TPSA) is 111 Å². The third-order valence-corrected chi connectivity index (χ3v) is 4.81. The Morgan fingerprint density at radius 1 is 1.32 bits per heavy atom. The van der Waals surface area contributed by atoms with E-state index >= 15 is 0 Å². The van der Waals surface area contributed by atoms with Gasteiger partial charge in [0.05, 0.1) is 12.0 Å². The zero-order valence-electron chi connectivity index (χ0n) is 12.9. The molecule has 2 saturated heterocycles.